The van der Waals surface area contributed by atoms with Crippen LogP contribution in [0.3, 0.4) is 0 Å². The van der Waals surface area contributed by atoms with Gasteiger partial charge in [-0.3, -0.25) is 13.9 Å². The maximum atomic E-state index is 14.5. The van der Waals surface area contributed by atoms with Crippen molar-refractivity contribution in [3.05, 3.63) is 71.8 Å². The number of hydrogen-bond donors (Lipinski definition) is 1. The number of carbonyl (C=O) groups excluding carboxylic acids is 2. The van der Waals surface area contributed by atoms with Gasteiger partial charge in [0.2, 0.25) is 11.8 Å². The second kappa shape index (κ2) is 16.7. The fourth-order valence-corrected chi connectivity index (χ4v) is 6.36. The summed E-state index contributed by atoms with van der Waals surface area (Å²) in [6, 6.07) is 15.7. The minimum absolute atomic E-state index is 0.0840. The largest absolute Gasteiger partial charge is 0.497 e. The number of nitrogens with one attached hydrogen (secondary N) is 1. The zero-order valence-electron chi connectivity index (χ0n) is 27.7. The van der Waals surface area contributed by atoms with Crippen molar-refractivity contribution in [2.75, 3.05) is 45.8 Å². The van der Waals surface area contributed by atoms with Gasteiger partial charge in [-0.15, -0.1) is 0 Å². The van der Waals surface area contributed by atoms with E-state index in [1.165, 1.54) is 57.6 Å². The molecule has 0 aliphatic rings. The van der Waals surface area contributed by atoms with Gasteiger partial charge in [-0.1, -0.05) is 50.1 Å². The number of benzene rings is 3. The average Bonchev–Trinajstić information content (AvgIpc) is 3.07. The van der Waals surface area contributed by atoms with Gasteiger partial charge >= 0.3 is 0 Å². The highest BCUT2D eigenvalue weighted by atomic mass is 32.2. The van der Waals surface area contributed by atoms with E-state index < -0.39 is 28.5 Å². The number of aryl methyl sites for hydroxylation is 1. The van der Waals surface area contributed by atoms with Crippen LogP contribution in [0.25, 0.3) is 0 Å². The van der Waals surface area contributed by atoms with Gasteiger partial charge in [-0.05, 0) is 49.6 Å². The van der Waals surface area contributed by atoms with Crippen molar-refractivity contribution in [1.82, 2.24) is 10.2 Å². The molecule has 0 heterocycles. The van der Waals surface area contributed by atoms with Crippen molar-refractivity contribution in [2.24, 2.45) is 0 Å². The molecule has 3 aromatic carbocycles. The molecule has 0 spiro atoms. The van der Waals surface area contributed by atoms with Crippen LogP contribution in [0.4, 0.5) is 5.69 Å². The van der Waals surface area contributed by atoms with Crippen LogP contribution >= 0.6 is 0 Å². The lowest BCUT2D eigenvalue weighted by atomic mass is 10.1. The van der Waals surface area contributed by atoms with Crippen LogP contribution in [0.2, 0.25) is 0 Å². The van der Waals surface area contributed by atoms with Gasteiger partial charge in [0.15, 0.2) is 11.5 Å². The summed E-state index contributed by atoms with van der Waals surface area (Å²) in [7, 11) is 1.28. The van der Waals surface area contributed by atoms with Crippen molar-refractivity contribution >= 4 is 27.5 Å². The zero-order chi connectivity index (χ0) is 33.9. The molecule has 0 aliphatic heterocycles. The number of sulfonamides is 1. The summed E-state index contributed by atoms with van der Waals surface area (Å²) in [4.78, 5) is 29.1. The number of methoxy groups -OCH3 is 4. The Hall–Kier alpha value is -4.45. The molecule has 0 fully saturated rings. The number of carbonyl (C=O) groups is 2. The van der Waals surface area contributed by atoms with E-state index in [0.29, 0.717) is 24.5 Å². The summed E-state index contributed by atoms with van der Waals surface area (Å²) in [5.74, 6) is 0.216. The predicted octanol–water partition coefficient (Wildman–Crippen LogP) is 4.95. The van der Waals surface area contributed by atoms with Crippen LogP contribution < -0.4 is 28.6 Å². The third-order valence-electron chi connectivity index (χ3n) is 7.57. The molecule has 2 amide bonds. The van der Waals surface area contributed by atoms with Gasteiger partial charge in [-0.25, -0.2) is 8.42 Å². The van der Waals surface area contributed by atoms with E-state index in [2.05, 4.69) is 5.32 Å². The molecule has 46 heavy (non-hydrogen) atoms. The van der Waals surface area contributed by atoms with Gasteiger partial charge in [-0.2, -0.15) is 0 Å². The molecule has 0 radical (unpaired) electrons. The van der Waals surface area contributed by atoms with E-state index in [4.69, 9.17) is 18.9 Å². The lowest BCUT2D eigenvalue weighted by Crippen LogP contribution is -2.52. The van der Waals surface area contributed by atoms with E-state index >= 15 is 0 Å². The Bertz CT molecular complexity index is 1580. The van der Waals surface area contributed by atoms with Crippen LogP contribution in [-0.4, -0.2) is 72.7 Å². The van der Waals surface area contributed by atoms with Crippen LogP contribution in [0, 0.1) is 6.92 Å². The fraction of sp³-hybridized carbons (Fsp3) is 0.412. The molecular weight excluding hydrogens is 610 g/mol. The maximum Gasteiger partial charge on any atom is 0.265 e. The zero-order valence-corrected chi connectivity index (χ0v) is 28.5. The Kier molecular flexibility index (Phi) is 13.1. The molecule has 3 rings (SSSR count). The highest BCUT2D eigenvalue weighted by Gasteiger charge is 2.35. The standard InChI is InChI=1S/C34H45N3O8S/c1-8-10-19-35-34(39)28(9-2)36(22-25-13-11-24(3)12-14-25)33(38)23-37(29-20-26(42-4)15-17-30(29)43-5)46(40,41)27-16-18-31(44-6)32(21-27)45-7/h11-18,20-21,28H,8-10,19,22-23H2,1-7H3,(H,35,39). The first-order valence-electron chi connectivity index (χ1n) is 15.1. The second-order valence-electron chi connectivity index (χ2n) is 10.6. The first kappa shape index (κ1) is 36.0. The molecule has 0 aliphatic carbocycles. The number of anilines is 1. The van der Waals surface area contributed by atoms with Gasteiger partial charge < -0.3 is 29.2 Å². The van der Waals surface area contributed by atoms with E-state index in [9.17, 15) is 18.0 Å². The predicted molar refractivity (Wildman–Crippen MR) is 177 cm³/mol. The number of nitrogens with zero attached hydrogens (tertiary/aromatic N) is 2. The van der Waals surface area contributed by atoms with Gasteiger partial charge in [0.25, 0.3) is 10.0 Å². The number of ether oxygens (including phenoxy) is 4. The Balaban J connectivity index is 2.17. The van der Waals surface area contributed by atoms with Gasteiger partial charge in [0, 0.05) is 25.2 Å². The molecule has 1 N–H and O–H groups in total. The van der Waals surface area contributed by atoms with Gasteiger partial charge in [0.1, 0.15) is 24.1 Å². The van der Waals surface area contributed by atoms with Crippen molar-refractivity contribution < 1.29 is 37.0 Å². The third-order valence-corrected chi connectivity index (χ3v) is 9.32. The molecule has 0 saturated heterocycles. The molecule has 11 nitrogen and oxygen atoms in total. The smallest absolute Gasteiger partial charge is 0.265 e. The van der Waals surface area contributed by atoms with Crippen molar-refractivity contribution in [2.45, 2.75) is 57.5 Å². The molecule has 250 valence electrons. The summed E-state index contributed by atoms with van der Waals surface area (Å²) in [6.45, 7) is 5.74. The summed E-state index contributed by atoms with van der Waals surface area (Å²) in [6.07, 6.45) is 2.01. The van der Waals surface area contributed by atoms with E-state index in [0.717, 1.165) is 28.3 Å². The Labute approximate surface area is 272 Å². The molecule has 1 atom stereocenters. The molecule has 0 saturated carbocycles. The highest BCUT2D eigenvalue weighted by molar-refractivity contribution is 7.92. The van der Waals surface area contributed by atoms with Crippen LogP contribution in [0.1, 0.15) is 44.2 Å². The first-order chi connectivity index (χ1) is 22.0. The molecular formula is C34H45N3O8S. The minimum Gasteiger partial charge on any atom is -0.497 e. The van der Waals surface area contributed by atoms with Crippen LogP contribution in [0.5, 0.6) is 23.0 Å². The summed E-state index contributed by atoms with van der Waals surface area (Å²) >= 11 is 0. The van der Waals surface area contributed by atoms with Crippen molar-refractivity contribution in [3.63, 3.8) is 0 Å². The van der Waals surface area contributed by atoms with Gasteiger partial charge in [0.05, 0.1) is 39.0 Å². The van der Waals surface area contributed by atoms with Crippen molar-refractivity contribution in [1.29, 1.82) is 0 Å². The molecule has 0 aromatic heterocycles. The monoisotopic (exact) mass is 655 g/mol. The minimum atomic E-state index is -4.43. The lowest BCUT2D eigenvalue weighted by molar-refractivity contribution is -0.140. The SMILES string of the molecule is CCCCNC(=O)C(CC)N(Cc1ccc(C)cc1)C(=O)CN(c1cc(OC)ccc1OC)S(=O)(=O)c1ccc(OC)c(OC)c1. The highest BCUT2D eigenvalue weighted by Crippen LogP contribution is 2.38. The number of unbranched alkanes of at least 4 members (excludes halogenated alkanes) is 1. The third kappa shape index (κ3) is 8.63. The topological polar surface area (TPSA) is 124 Å². The number of hydrogen-bond acceptors (Lipinski definition) is 8. The molecule has 3 aromatic rings. The van der Waals surface area contributed by atoms with Crippen LogP contribution in [0.15, 0.2) is 65.6 Å². The molecule has 1 unspecified atom stereocenters. The normalized spacial score (nSPS) is 11.7. The lowest BCUT2D eigenvalue weighted by Gasteiger charge is -2.33. The first-order valence-corrected chi connectivity index (χ1v) is 16.6. The summed E-state index contributed by atoms with van der Waals surface area (Å²) < 4.78 is 51.5. The quantitative estimate of drug-likeness (QED) is 0.203. The Morgan fingerprint density at radius 1 is 0.826 bits per heavy atom. The number of rotatable bonds is 17. The molecule has 0 bridgehead atoms. The maximum absolute atomic E-state index is 14.5. The molecule has 12 heteroatoms. The van der Waals surface area contributed by atoms with E-state index in [-0.39, 0.29) is 34.5 Å². The Morgan fingerprint density at radius 2 is 1.48 bits per heavy atom. The Morgan fingerprint density at radius 3 is 2.07 bits per heavy atom. The van der Waals surface area contributed by atoms with Crippen molar-refractivity contribution in [3.8, 4) is 23.0 Å². The van der Waals surface area contributed by atoms with Crippen LogP contribution in [-0.2, 0) is 26.2 Å². The van der Waals surface area contributed by atoms with E-state index in [1.54, 1.807) is 12.1 Å². The van der Waals surface area contributed by atoms with E-state index in [1.807, 2.05) is 45.0 Å². The summed E-state index contributed by atoms with van der Waals surface area (Å²) in [5, 5.41) is 2.94. The summed E-state index contributed by atoms with van der Waals surface area (Å²) in [5.41, 5.74) is 1.93. The fourth-order valence-electron chi connectivity index (χ4n) is 4.93. The number of amides is 2. The second-order valence-corrected chi connectivity index (χ2v) is 12.5. The average molecular weight is 656 g/mol.